The summed E-state index contributed by atoms with van der Waals surface area (Å²) in [6.45, 7) is 4.22. The van der Waals surface area contributed by atoms with Gasteiger partial charge in [0.15, 0.2) is 0 Å². The quantitative estimate of drug-likeness (QED) is 0.538. The first-order valence-electron chi connectivity index (χ1n) is 7.98. The Hall–Kier alpha value is -0.570. The number of carbonyl (C=O) groups is 1. The van der Waals surface area contributed by atoms with Crippen LogP contribution in [0.1, 0.15) is 78.1 Å². The van der Waals surface area contributed by atoms with Crippen LogP contribution in [0.25, 0.3) is 0 Å². The van der Waals surface area contributed by atoms with Crippen LogP contribution in [0.3, 0.4) is 0 Å². The number of ether oxygens (including phenoxy) is 1. The number of carbonyl (C=O) groups excluding carboxylic acids is 1. The monoisotopic (exact) mass is 269 g/mol. The van der Waals surface area contributed by atoms with E-state index in [4.69, 9.17) is 4.74 Å². The smallest absolute Gasteiger partial charge is 0.325 e. The van der Waals surface area contributed by atoms with Crippen molar-refractivity contribution < 1.29 is 9.53 Å². The summed E-state index contributed by atoms with van der Waals surface area (Å²) in [5.41, 5.74) is -0.496. The summed E-state index contributed by atoms with van der Waals surface area (Å²) in [5, 5.41) is 3.59. The van der Waals surface area contributed by atoms with Gasteiger partial charge in [-0.25, -0.2) is 0 Å². The molecule has 0 aromatic rings. The molecule has 1 atom stereocenters. The van der Waals surface area contributed by atoms with E-state index in [-0.39, 0.29) is 5.97 Å². The van der Waals surface area contributed by atoms with Crippen LogP contribution >= 0.6 is 0 Å². The predicted molar refractivity (Wildman–Crippen MR) is 79.2 cm³/mol. The van der Waals surface area contributed by atoms with Crippen molar-refractivity contribution in [3.8, 4) is 0 Å². The van der Waals surface area contributed by atoms with E-state index < -0.39 is 5.54 Å². The highest BCUT2D eigenvalue weighted by Crippen LogP contribution is 2.23. The van der Waals surface area contributed by atoms with Gasteiger partial charge in [0.2, 0.25) is 0 Å². The number of hydrogen-bond donors (Lipinski definition) is 1. The zero-order valence-electron chi connectivity index (χ0n) is 13.0. The Morgan fingerprint density at radius 1 is 1.21 bits per heavy atom. The summed E-state index contributed by atoms with van der Waals surface area (Å²) in [7, 11) is 1.50. The van der Waals surface area contributed by atoms with E-state index in [0.29, 0.717) is 6.04 Å². The number of methoxy groups -OCH3 is 1. The normalized spacial score (nSPS) is 19.9. The fraction of sp³-hybridized carbons (Fsp3) is 0.938. The Labute approximate surface area is 118 Å². The summed E-state index contributed by atoms with van der Waals surface area (Å²) in [4.78, 5) is 12.1. The van der Waals surface area contributed by atoms with Crippen molar-refractivity contribution in [1.82, 2.24) is 5.32 Å². The molecule has 1 aliphatic carbocycles. The van der Waals surface area contributed by atoms with E-state index in [1.807, 2.05) is 6.92 Å². The van der Waals surface area contributed by atoms with E-state index in [0.717, 1.165) is 12.8 Å². The second-order valence-electron chi connectivity index (χ2n) is 6.11. The molecule has 112 valence electrons. The molecule has 0 aliphatic heterocycles. The Kier molecular flexibility index (Phi) is 7.44. The maximum atomic E-state index is 12.1. The van der Waals surface area contributed by atoms with Crippen molar-refractivity contribution in [3.63, 3.8) is 0 Å². The van der Waals surface area contributed by atoms with Gasteiger partial charge in [-0.3, -0.25) is 10.1 Å². The summed E-state index contributed by atoms with van der Waals surface area (Å²) in [6.07, 6.45) is 12.0. The molecule has 1 saturated carbocycles. The van der Waals surface area contributed by atoms with Gasteiger partial charge in [0.1, 0.15) is 5.54 Å². The van der Waals surface area contributed by atoms with Crippen LogP contribution in [0.5, 0.6) is 0 Å². The van der Waals surface area contributed by atoms with Crippen LogP contribution in [-0.4, -0.2) is 24.7 Å². The van der Waals surface area contributed by atoms with Crippen LogP contribution in [0.2, 0.25) is 0 Å². The van der Waals surface area contributed by atoms with Gasteiger partial charge in [-0.15, -0.1) is 0 Å². The highest BCUT2D eigenvalue weighted by Gasteiger charge is 2.35. The van der Waals surface area contributed by atoms with E-state index in [1.165, 1.54) is 58.5 Å². The highest BCUT2D eigenvalue weighted by molar-refractivity contribution is 5.80. The Balaban J connectivity index is 2.50. The van der Waals surface area contributed by atoms with Crippen molar-refractivity contribution in [2.45, 2.75) is 89.6 Å². The van der Waals surface area contributed by atoms with Gasteiger partial charge in [-0.05, 0) is 26.2 Å². The number of unbranched alkanes of at least 4 members (excludes halogenated alkanes) is 3. The van der Waals surface area contributed by atoms with Crippen molar-refractivity contribution in [2.75, 3.05) is 7.11 Å². The lowest BCUT2D eigenvalue weighted by Gasteiger charge is -2.34. The molecule has 19 heavy (non-hydrogen) atoms. The third-order valence-electron chi connectivity index (χ3n) is 4.29. The first kappa shape index (κ1) is 16.5. The standard InChI is InChI=1S/C16H31NO2/c1-4-5-6-10-13-16(2,15(18)19-3)17-14-11-8-7-9-12-14/h14,17H,4-13H2,1-3H3. The van der Waals surface area contributed by atoms with Crippen LogP contribution < -0.4 is 5.32 Å². The Morgan fingerprint density at radius 3 is 2.47 bits per heavy atom. The van der Waals surface area contributed by atoms with Crippen molar-refractivity contribution >= 4 is 5.97 Å². The average molecular weight is 269 g/mol. The van der Waals surface area contributed by atoms with Crippen LogP contribution in [0, 0.1) is 0 Å². The highest BCUT2D eigenvalue weighted by atomic mass is 16.5. The molecule has 0 aromatic carbocycles. The predicted octanol–water partition coefficient (Wildman–Crippen LogP) is 3.81. The maximum absolute atomic E-state index is 12.1. The fourth-order valence-corrected chi connectivity index (χ4v) is 3.06. The molecule has 3 heteroatoms. The third-order valence-corrected chi connectivity index (χ3v) is 4.29. The van der Waals surface area contributed by atoms with Crippen LogP contribution in [-0.2, 0) is 9.53 Å². The molecule has 0 amide bonds. The zero-order chi connectivity index (χ0) is 14.1. The largest absolute Gasteiger partial charge is 0.468 e. The second-order valence-corrected chi connectivity index (χ2v) is 6.11. The Morgan fingerprint density at radius 2 is 1.89 bits per heavy atom. The number of esters is 1. The molecule has 1 N–H and O–H groups in total. The van der Waals surface area contributed by atoms with Crippen LogP contribution in [0.4, 0.5) is 0 Å². The molecule has 0 radical (unpaired) electrons. The number of hydrogen-bond acceptors (Lipinski definition) is 3. The van der Waals surface area contributed by atoms with Gasteiger partial charge in [0.05, 0.1) is 7.11 Å². The fourth-order valence-electron chi connectivity index (χ4n) is 3.06. The molecule has 1 rings (SSSR count). The summed E-state index contributed by atoms with van der Waals surface area (Å²) in [6, 6.07) is 0.490. The molecular weight excluding hydrogens is 238 g/mol. The molecule has 0 saturated heterocycles. The SMILES string of the molecule is CCCCCCC(C)(NC1CCCCC1)C(=O)OC. The topological polar surface area (TPSA) is 38.3 Å². The molecule has 1 aliphatic rings. The van der Waals surface area contributed by atoms with E-state index in [2.05, 4.69) is 12.2 Å². The van der Waals surface area contributed by atoms with Gasteiger partial charge < -0.3 is 4.74 Å². The summed E-state index contributed by atoms with van der Waals surface area (Å²) >= 11 is 0. The van der Waals surface area contributed by atoms with Gasteiger partial charge in [0.25, 0.3) is 0 Å². The van der Waals surface area contributed by atoms with E-state index >= 15 is 0 Å². The van der Waals surface area contributed by atoms with Crippen molar-refractivity contribution in [1.29, 1.82) is 0 Å². The maximum Gasteiger partial charge on any atom is 0.325 e. The van der Waals surface area contributed by atoms with E-state index in [1.54, 1.807) is 0 Å². The molecule has 0 bridgehead atoms. The first-order valence-corrected chi connectivity index (χ1v) is 7.98. The minimum Gasteiger partial charge on any atom is -0.468 e. The molecule has 0 heterocycles. The summed E-state index contributed by atoms with van der Waals surface area (Å²) in [5.74, 6) is -0.102. The van der Waals surface area contributed by atoms with Crippen LogP contribution in [0.15, 0.2) is 0 Å². The van der Waals surface area contributed by atoms with Gasteiger partial charge >= 0.3 is 5.97 Å². The first-order chi connectivity index (χ1) is 9.12. The molecule has 1 unspecified atom stereocenters. The van der Waals surface area contributed by atoms with Crippen molar-refractivity contribution in [2.24, 2.45) is 0 Å². The van der Waals surface area contributed by atoms with Gasteiger partial charge in [-0.1, -0.05) is 51.9 Å². The van der Waals surface area contributed by atoms with E-state index in [9.17, 15) is 4.79 Å². The minimum atomic E-state index is -0.496. The number of rotatable bonds is 8. The molecule has 1 fully saturated rings. The second kappa shape index (κ2) is 8.57. The molecule has 3 nitrogen and oxygen atoms in total. The van der Waals surface area contributed by atoms with Gasteiger partial charge in [0, 0.05) is 6.04 Å². The molecular formula is C16H31NO2. The third kappa shape index (κ3) is 5.52. The lowest BCUT2D eigenvalue weighted by Crippen LogP contribution is -2.54. The number of nitrogens with one attached hydrogen (secondary N) is 1. The molecule has 0 aromatic heterocycles. The van der Waals surface area contributed by atoms with Crippen molar-refractivity contribution in [3.05, 3.63) is 0 Å². The summed E-state index contributed by atoms with van der Waals surface area (Å²) < 4.78 is 5.01. The lowest BCUT2D eigenvalue weighted by atomic mass is 9.89. The molecule has 0 spiro atoms. The van der Waals surface area contributed by atoms with Gasteiger partial charge in [-0.2, -0.15) is 0 Å². The average Bonchev–Trinajstić information content (AvgIpc) is 2.44. The Bertz CT molecular complexity index is 261. The lowest BCUT2D eigenvalue weighted by molar-refractivity contribution is -0.148. The zero-order valence-corrected chi connectivity index (χ0v) is 13.0. The minimum absolute atomic E-state index is 0.102.